The van der Waals surface area contributed by atoms with Gasteiger partial charge in [0.15, 0.2) is 0 Å². The van der Waals surface area contributed by atoms with Crippen LogP contribution in [0, 0.1) is 11.2 Å². The normalized spacial score (nSPS) is 13.9. The molecule has 4 heteroatoms. The van der Waals surface area contributed by atoms with Gasteiger partial charge in [-0.25, -0.2) is 4.39 Å². The van der Waals surface area contributed by atoms with Crippen molar-refractivity contribution in [2.75, 3.05) is 6.54 Å². The van der Waals surface area contributed by atoms with Gasteiger partial charge in [0.25, 0.3) is 0 Å². The highest BCUT2D eigenvalue weighted by Crippen LogP contribution is 2.37. The second-order valence-corrected chi connectivity index (χ2v) is 7.06. The van der Waals surface area contributed by atoms with Crippen molar-refractivity contribution < 1.29 is 8.81 Å². The van der Waals surface area contributed by atoms with E-state index >= 15 is 0 Å². The number of hydrogen-bond donors (Lipinski definition) is 1. The predicted molar refractivity (Wildman–Crippen MR) is 84.4 cm³/mol. The summed E-state index contributed by atoms with van der Waals surface area (Å²) >= 11 is 3.36. The smallest absolute Gasteiger partial charge is 0.148 e. The number of halogens is 2. The molecule has 2 rings (SSSR count). The van der Waals surface area contributed by atoms with Gasteiger partial charge in [-0.2, -0.15) is 0 Å². The van der Waals surface area contributed by atoms with Crippen LogP contribution in [0.4, 0.5) is 4.39 Å². The van der Waals surface area contributed by atoms with Crippen LogP contribution in [0.2, 0.25) is 0 Å². The highest BCUT2D eigenvalue weighted by Gasteiger charge is 2.29. The van der Waals surface area contributed by atoms with Crippen molar-refractivity contribution >= 4 is 26.9 Å². The van der Waals surface area contributed by atoms with Crippen molar-refractivity contribution in [2.45, 2.75) is 40.2 Å². The van der Waals surface area contributed by atoms with Crippen molar-refractivity contribution in [3.63, 3.8) is 0 Å². The lowest BCUT2D eigenvalue weighted by atomic mass is 9.85. The summed E-state index contributed by atoms with van der Waals surface area (Å²) in [6.07, 6.45) is 1.06. The van der Waals surface area contributed by atoms with E-state index < -0.39 is 0 Å². The van der Waals surface area contributed by atoms with Gasteiger partial charge in [-0.3, -0.25) is 0 Å². The highest BCUT2D eigenvalue weighted by molar-refractivity contribution is 9.10. The van der Waals surface area contributed by atoms with E-state index in [1.54, 1.807) is 0 Å². The Hall–Kier alpha value is -0.870. The Balaban J connectivity index is 2.46. The number of benzene rings is 1. The van der Waals surface area contributed by atoms with Gasteiger partial charge in [0.1, 0.15) is 17.2 Å². The first kappa shape index (κ1) is 15.5. The van der Waals surface area contributed by atoms with E-state index in [2.05, 4.69) is 48.9 Å². The molecule has 0 saturated heterocycles. The molecule has 0 spiro atoms. The molecule has 110 valence electrons. The summed E-state index contributed by atoms with van der Waals surface area (Å²) in [6, 6.07) is 4.97. The second kappa shape index (κ2) is 5.86. The van der Waals surface area contributed by atoms with E-state index in [-0.39, 0.29) is 17.3 Å². The molecule has 2 nitrogen and oxygen atoms in total. The van der Waals surface area contributed by atoms with Crippen molar-refractivity contribution in [3.8, 4) is 0 Å². The maximum atomic E-state index is 13.5. The van der Waals surface area contributed by atoms with Crippen molar-refractivity contribution in [2.24, 2.45) is 5.41 Å². The number of nitrogens with one attached hydrogen (secondary N) is 1. The van der Waals surface area contributed by atoms with Crippen LogP contribution in [0.5, 0.6) is 0 Å². The van der Waals surface area contributed by atoms with Gasteiger partial charge in [-0.05, 0) is 52.5 Å². The first-order valence-corrected chi connectivity index (χ1v) is 7.74. The first-order chi connectivity index (χ1) is 9.32. The van der Waals surface area contributed by atoms with E-state index in [9.17, 15) is 4.39 Å². The van der Waals surface area contributed by atoms with Gasteiger partial charge in [0.05, 0.1) is 10.5 Å². The summed E-state index contributed by atoms with van der Waals surface area (Å²) < 4.78 is 20.1. The maximum Gasteiger partial charge on any atom is 0.148 e. The number of furan rings is 1. The summed E-state index contributed by atoms with van der Waals surface area (Å²) in [6.45, 7) is 9.57. The Morgan fingerprint density at radius 1 is 1.30 bits per heavy atom. The lowest BCUT2D eigenvalue weighted by Crippen LogP contribution is -2.32. The quantitative estimate of drug-likeness (QED) is 0.802. The molecule has 0 aliphatic heterocycles. The molecule has 0 amide bonds. The Morgan fingerprint density at radius 3 is 2.60 bits per heavy atom. The molecule has 1 aromatic heterocycles. The Labute approximate surface area is 127 Å². The average Bonchev–Trinajstić information content (AvgIpc) is 2.71. The molecule has 1 unspecified atom stereocenters. The van der Waals surface area contributed by atoms with Crippen LogP contribution in [0.25, 0.3) is 11.0 Å². The van der Waals surface area contributed by atoms with Crippen LogP contribution in [0.15, 0.2) is 27.1 Å². The molecule has 1 heterocycles. The first-order valence-electron chi connectivity index (χ1n) is 6.94. The summed E-state index contributed by atoms with van der Waals surface area (Å²) in [5.41, 5.74) is 0.725. The lowest BCUT2D eigenvalue weighted by Gasteiger charge is -2.30. The minimum absolute atomic E-state index is 0.0219. The van der Waals surface area contributed by atoms with E-state index in [4.69, 9.17) is 4.42 Å². The van der Waals surface area contributed by atoms with Crippen LogP contribution in [0.1, 0.15) is 45.9 Å². The Morgan fingerprint density at radius 2 is 2.00 bits per heavy atom. The fourth-order valence-electron chi connectivity index (χ4n) is 2.36. The van der Waals surface area contributed by atoms with Crippen LogP contribution in [-0.4, -0.2) is 6.54 Å². The number of hydrogen-bond acceptors (Lipinski definition) is 2. The van der Waals surface area contributed by atoms with Crippen molar-refractivity contribution in [1.82, 2.24) is 5.32 Å². The fraction of sp³-hybridized carbons (Fsp3) is 0.500. The average molecular weight is 342 g/mol. The summed E-state index contributed by atoms with van der Waals surface area (Å²) in [7, 11) is 0. The third kappa shape index (κ3) is 3.23. The van der Waals surface area contributed by atoms with E-state index in [0.29, 0.717) is 10.1 Å². The summed E-state index contributed by atoms with van der Waals surface area (Å²) in [5.74, 6) is 0.595. The molecule has 0 aliphatic rings. The van der Waals surface area contributed by atoms with Crippen molar-refractivity contribution in [3.05, 3.63) is 34.2 Å². The monoisotopic (exact) mass is 341 g/mol. The molecule has 0 bridgehead atoms. The van der Waals surface area contributed by atoms with Gasteiger partial charge >= 0.3 is 0 Å². The van der Waals surface area contributed by atoms with E-state index in [1.165, 1.54) is 12.1 Å². The molecule has 1 atom stereocenters. The topological polar surface area (TPSA) is 25.2 Å². The SMILES string of the molecule is CCCNC(c1cc2cc(F)cc(Br)c2o1)C(C)(C)C. The molecule has 0 fully saturated rings. The molecule has 1 N–H and O–H groups in total. The zero-order valence-corrected chi connectivity index (χ0v) is 14.0. The zero-order valence-electron chi connectivity index (χ0n) is 12.4. The van der Waals surface area contributed by atoms with Crippen LogP contribution in [0.3, 0.4) is 0 Å². The minimum Gasteiger partial charge on any atom is -0.458 e. The van der Waals surface area contributed by atoms with E-state index in [0.717, 1.165) is 24.1 Å². The van der Waals surface area contributed by atoms with Gasteiger partial charge in [0.2, 0.25) is 0 Å². The Kier molecular flexibility index (Phi) is 4.55. The predicted octanol–water partition coefficient (Wildman–Crippen LogP) is 5.42. The molecular weight excluding hydrogens is 321 g/mol. The van der Waals surface area contributed by atoms with Gasteiger partial charge in [-0.1, -0.05) is 27.7 Å². The summed E-state index contributed by atoms with van der Waals surface area (Å²) in [4.78, 5) is 0. The highest BCUT2D eigenvalue weighted by atomic mass is 79.9. The molecule has 0 saturated carbocycles. The number of fused-ring (bicyclic) bond motifs is 1. The van der Waals surface area contributed by atoms with Gasteiger partial charge in [-0.15, -0.1) is 0 Å². The van der Waals surface area contributed by atoms with Crippen LogP contribution < -0.4 is 5.32 Å². The van der Waals surface area contributed by atoms with Gasteiger partial charge < -0.3 is 9.73 Å². The molecule has 0 aliphatic carbocycles. The zero-order chi connectivity index (χ0) is 14.9. The van der Waals surface area contributed by atoms with E-state index in [1.807, 2.05) is 6.07 Å². The lowest BCUT2D eigenvalue weighted by molar-refractivity contribution is 0.241. The molecule has 2 aromatic rings. The molecule has 1 aromatic carbocycles. The molecule has 20 heavy (non-hydrogen) atoms. The van der Waals surface area contributed by atoms with Gasteiger partial charge in [0, 0.05) is 5.39 Å². The van der Waals surface area contributed by atoms with Crippen LogP contribution in [-0.2, 0) is 0 Å². The third-order valence-electron chi connectivity index (χ3n) is 3.30. The van der Waals surface area contributed by atoms with Crippen molar-refractivity contribution in [1.29, 1.82) is 0 Å². The second-order valence-electron chi connectivity index (χ2n) is 6.21. The largest absolute Gasteiger partial charge is 0.458 e. The maximum absolute atomic E-state index is 13.5. The third-order valence-corrected chi connectivity index (χ3v) is 3.89. The Bertz CT molecular complexity index is 600. The minimum atomic E-state index is -0.259. The number of rotatable bonds is 4. The fourth-order valence-corrected chi connectivity index (χ4v) is 2.89. The van der Waals surface area contributed by atoms with Crippen LogP contribution >= 0.6 is 15.9 Å². The summed E-state index contributed by atoms with van der Waals surface area (Å²) in [5, 5.41) is 4.31. The molecule has 0 radical (unpaired) electrons. The standard InChI is InChI=1S/C16H21BrFNO/c1-5-6-19-15(16(2,3)4)13-8-10-7-11(18)9-12(17)14(10)20-13/h7-9,15,19H,5-6H2,1-4H3. The molecular formula is C16H21BrFNO.